The van der Waals surface area contributed by atoms with Crippen LogP contribution in [0.2, 0.25) is 0 Å². The Kier molecular flexibility index (Phi) is 3.01. The highest BCUT2D eigenvalue weighted by molar-refractivity contribution is 6.01. The van der Waals surface area contributed by atoms with Crippen LogP contribution in [-0.2, 0) is 14.3 Å². The Bertz CT molecular complexity index is 571. The summed E-state index contributed by atoms with van der Waals surface area (Å²) in [5, 5.41) is 4.21. The number of halogens is 1. The quantitative estimate of drug-likeness (QED) is 0.798. The molecule has 112 valence electrons. The number of hydrogen-bond donors (Lipinski definition) is 0. The summed E-state index contributed by atoms with van der Waals surface area (Å²) in [6, 6.07) is 6.52. The van der Waals surface area contributed by atoms with Gasteiger partial charge in [0.2, 0.25) is 0 Å². The van der Waals surface area contributed by atoms with E-state index in [0.29, 0.717) is 13.2 Å². The van der Waals surface area contributed by atoms with Crippen LogP contribution in [0.5, 0.6) is 0 Å². The molecule has 1 aromatic rings. The monoisotopic (exact) mass is 291 g/mol. The standard InChI is InChI=1S/C16H18FNO3/c17-13-3-1-2-12(10-13)14-11-15(21-18-14)4-6-16(7-5-15)19-8-9-20-16/h1-3,10H,4-9,11H2. The molecule has 0 N–H and O–H groups in total. The van der Waals surface area contributed by atoms with Crippen molar-refractivity contribution in [3.8, 4) is 0 Å². The maximum Gasteiger partial charge on any atom is 0.168 e. The summed E-state index contributed by atoms with van der Waals surface area (Å²) in [5.74, 6) is -0.637. The smallest absolute Gasteiger partial charge is 0.168 e. The van der Waals surface area contributed by atoms with E-state index in [1.807, 2.05) is 6.07 Å². The predicted octanol–water partition coefficient (Wildman–Crippen LogP) is 3.01. The summed E-state index contributed by atoms with van der Waals surface area (Å²) in [5.41, 5.74) is 1.38. The zero-order valence-electron chi connectivity index (χ0n) is 11.8. The average Bonchev–Trinajstić information content (AvgIpc) is 3.11. The van der Waals surface area contributed by atoms with Crippen LogP contribution >= 0.6 is 0 Å². The van der Waals surface area contributed by atoms with Gasteiger partial charge in [-0.2, -0.15) is 0 Å². The molecule has 2 fully saturated rings. The van der Waals surface area contributed by atoms with Crippen LogP contribution in [0.4, 0.5) is 4.39 Å². The number of benzene rings is 1. The van der Waals surface area contributed by atoms with Crippen LogP contribution in [0.3, 0.4) is 0 Å². The highest BCUT2D eigenvalue weighted by atomic mass is 19.1. The Morgan fingerprint density at radius 2 is 1.81 bits per heavy atom. The topological polar surface area (TPSA) is 40.0 Å². The van der Waals surface area contributed by atoms with Gasteiger partial charge in [0.05, 0.1) is 18.9 Å². The summed E-state index contributed by atoms with van der Waals surface area (Å²) in [4.78, 5) is 5.75. The van der Waals surface area contributed by atoms with Crippen LogP contribution in [-0.4, -0.2) is 30.3 Å². The van der Waals surface area contributed by atoms with Crippen LogP contribution in [0.15, 0.2) is 29.4 Å². The van der Waals surface area contributed by atoms with E-state index in [1.165, 1.54) is 12.1 Å². The second-order valence-corrected chi connectivity index (χ2v) is 6.11. The molecule has 0 atom stereocenters. The first-order chi connectivity index (χ1) is 10.2. The molecular formula is C16H18FNO3. The van der Waals surface area contributed by atoms with Crippen LogP contribution in [0.1, 0.15) is 37.7 Å². The Hall–Kier alpha value is -1.46. The molecule has 0 bridgehead atoms. The van der Waals surface area contributed by atoms with Gasteiger partial charge in [0.25, 0.3) is 0 Å². The van der Waals surface area contributed by atoms with E-state index in [1.54, 1.807) is 6.07 Å². The minimum atomic E-state index is -0.393. The van der Waals surface area contributed by atoms with E-state index in [0.717, 1.165) is 43.4 Å². The first kappa shape index (κ1) is 13.2. The Balaban J connectivity index is 1.46. The number of rotatable bonds is 1. The lowest BCUT2D eigenvalue weighted by Crippen LogP contribution is -2.43. The Morgan fingerprint density at radius 1 is 1.05 bits per heavy atom. The maximum atomic E-state index is 13.3. The van der Waals surface area contributed by atoms with Gasteiger partial charge < -0.3 is 14.3 Å². The SMILES string of the molecule is Fc1cccc(C2=NOC3(CCC4(CC3)OCCO4)C2)c1. The van der Waals surface area contributed by atoms with Gasteiger partial charge >= 0.3 is 0 Å². The molecule has 0 unspecified atom stereocenters. The number of hydrogen-bond acceptors (Lipinski definition) is 4. The lowest BCUT2D eigenvalue weighted by molar-refractivity contribution is -0.206. The van der Waals surface area contributed by atoms with Crippen molar-refractivity contribution >= 4 is 5.71 Å². The molecule has 0 aromatic heterocycles. The normalized spacial score (nSPS) is 26.0. The third kappa shape index (κ3) is 2.34. The van der Waals surface area contributed by atoms with Crippen molar-refractivity contribution in [1.82, 2.24) is 0 Å². The van der Waals surface area contributed by atoms with E-state index >= 15 is 0 Å². The van der Waals surface area contributed by atoms with Gasteiger partial charge in [0.1, 0.15) is 11.4 Å². The average molecular weight is 291 g/mol. The summed E-state index contributed by atoms with van der Waals surface area (Å²) in [7, 11) is 0. The van der Waals surface area contributed by atoms with E-state index in [2.05, 4.69) is 5.16 Å². The molecule has 1 aromatic carbocycles. The minimum absolute atomic E-state index is 0.244. The highest BCUT2D eigenvalue weighted by Gasteiger charge is 2.50. The van der Waals surface area contributed by atoms with Crippen molar-refractivity contribution in [2.45, 2.75) is 43.5 Å². The van der Waals surface area contributed by atoms with Gasteiger partial charge in [0.15, 0.2) is 5.79 Å². The molecule has 2 spiro atoms. The fourth-order valence-electron chi connectivity index (χ4n) is 3.48. The van der Waals surface area contributed by atoms with Gasteiger partial charge in [0, 0.05) is 24.8 Å². The third-order valence-corrected chi connectivity index (χ3v) is 4.73. The Morgan fingerprint density at radius 3 is 2.52 bits per heavy atom. The molecule has 0 amide bonds. The summed E-state index contributed by atoms with van der Waals surface area (Å²) in [6.45, 7) is 1.36. The summed E-state index contributed by atoms with van der Waals surface area (Å²) < 4.78 is 24.8. The van der Waals surface area contributed by atoms with Gasteiger partial charge in [-0.25, -0.2) is 4.39 Å². The van der Waals surface area contributed by atoms with Crippen molar-refractivity contribution in [1.29, 1.82) is 0 Å². The van der Waals surface area contributed by atoms with Crippen LogP contribution in [0.25, 0.3) is 0 Å². The van der Waals surface area contributed by atoms with Gasteiger partial charge in [-0.05, 0) is 25.0 Å². The van der Waals surface area contributed by atoms with Crippen molar-refractivity contribution < 1.29 is 18.7 Å². The lowest BCUT2D eigenvalue weighted by Gasteiger charge is -2.39. The first-order valence-electron chi connectivity index (χ1n) is 7.48. The number of nitrogens with zero attached hydrogens (tertiary/aromatic N) is 1. The third-order valence-electron chi connectivity index (χ3n) is 4.73. The van der Waals surface area contributed by atoms with Gasteiger partial charge in [-0.1, -0.05) is 17.3 Å². The molecule has 1 saturated heterocycles. The molecule has 21 heavy (non-hydrogen) atoms. The minimum Gasteiger partial charge on any atom is -0.389 e. The molecule has 0 radical (unpaired) electrons. The first-order valence-corrected chi connectivity index (χ1v) is 7.48. The zero-order valence-corrected chi connectivity index (χ0v) is 11.8. The van der Waals surface area contributed by atoms with E-state index < -0.39 is 5.79 Å². The molecule has 1 aliphatic carbocycles. The van der Waals surface area contributed by atoms with Crippen molar-refractivity contribution in [2.75, 3.05) is 13.2 Å². The van der Waals surface area contributed by atoms with E-state index in [4.69, 9.17) is 14.3 Å². The fourth-order valence-corrected chi connectivity index (χ4v) is 3.48. The number of oxime groups is 1. The molecule has 3 aliphatic rings. The zero-order chi connectivity index (χ0) is 14.3. The fraction of sp³-hybridized carbons (Fsp3) is 0.562. The van der Waals surface area contributed by atoms with Crippen molar-refractivity contribution in [2.24, 2.45) is 5.16 Å². The molecule has 1 saturated carbocycles. The van der Waals surface area contributed by atoms with Crippen LogP contribution in [0, 0.1) is 5.82 Å². The maximum absolute atomic E-state index is 13.3. The van der Waals surface area contributed by atoms with E-state index in [-0.39, 0.29) is 11.4 Å². The largest absolute Gasteiger partial charge is 0.389 e. The highest BCUT2D eigenvalue weighted by Crippen LogP contribution is 2.46. The lowest BCUT2D eigenvalue weighted by atomic mass is 9.78. The Labute approximate surface area is 122 Å². The molecule has 2 aliphatic heterocycles. The molecule has 4 rings (SSSR count). The molecule has 5 heteroatoms. The second kappa shape index (κ2) is 4.78. The van der Waals surface area contributed by atoms with Gasteiger partial charge in [-0.15, -0.1) is 0 Å². The summed E-state index contributed by atoms with van der Waals surface area (Å²) >= 11 is 0. The number of ether oxygens (including phenoxy) is 2. The predicted molar refractivity (Wildman–Crippen MR) is 74.5 cm³/mol. The van der Waals surface area contributed by atoms with Gasteiger partial charge in [-0.3, -0.25) is 0 Å². The van der Waals surface area contributed by atoms with Crippen molar-refractivity contribution in [3.63, 3.8) is 0 Å². The molecule has 4 nitrogen and oxygen atoms in total. The molecular weight excluding hydrogens is 273 g/mol. The summed E-state index contributed by atoms with van der Waals surface area (Å²) in [6.07, 6.45) is 4.11. The van der Waals surface area contributed by atoms with Crippen molar-refractivity contribution in [3.05, 3.63) is 35.6 Å². The van der Waals surface area contributed by atoms with Crippen LogP contribution < -0.4 is 0 Å². The second-order valence-electron chi connectivity index (χ2n) is 6.11. The molecule has 2 heterocycles. The van der Waals surface area contributed by atoms with E-state index in [9.17, 15) is 4.39 Å².